The maximum atomic E-state index is 12.2. The van der Waals surface area contributed by atoms with Crippen LogP contribution in [0, 0.1) is 0 Å². The molecule has 0 spiro atoms. The minimum absolute atomic E-state index is 0.0723. The molecule has 2 aromatic rings. The summed E-state index contributed by atoms with van der Waals surface area (Å²) in [7, 11) is 3.94. The normalized spacial score (nSPS) is 17.8. The zero-order chi connectivity index (χ0) is 16.9. The van der Waals surface area contributed by atoms with Crippen molar-refractivity contribution >= 4 is 22.4 Å². The highest BCUT2D eigenvalue weighted by Crippen LogP contribution is 2.26. The molecular formula is C18H24N4OS. The van der Waals surface area contributed by atoms with Crippen LogP contribution in [0.1, 0.15) is 23.6 Å². The third-order valence-electron chi connectivity index (χ3n) is 4.30. The zero-order valence-electron chi connectivity index (χ0n) is 14.2. The summed E-state index contributed by atoms with van der Waals surface area (Å²) >= 11 is 1.59. The lowest BCUT2D eigenvalue weighted by molar-refractivity contribution is -0.122. The van der Waals surface area contributed by atoms with E-state index in [0.717, 1.165) is 30.3 Å². The van der Waals surface area contributed by atoms with Crippen LogP contribution < -0.4 is 10.2 Å². The summed E-state index contributed by atoms with van der Waals surface area (Å²) in [4.78, 5) is 20.9. The van der Waals surface area contributed by atoms with E-state index < -0.39 is 0 Å². The van der Waals surface area contributed by atoms with Crippen molar-refractivity contribution in [2.75, 3.05) is 38.6 Å². The van der Waals surface area contributed by atoms with Gasteiger partial charge in [0.25, 0.3) is 0 Å². The molecule has 3 rings (SSSR count). The van der Waals surface area contributed by atoms with Crippen molar-refractivity contribution in [3.05, 3.63) is 47.0 Å². The van der Waals surface area contributed by atoms with E-state index in [2.05, 4.69) is 39.5 Å². The Morgan fingerprint density at radius 3 is 2.88 bits per heavy atom. The fourth-order valence-corrected chi connectivity index (χ4v) is 3.76. The van der Waals surface area contributed by atoms with E-state index in [-0.39, 0.29) is 5.91 Å². The largest absolute Gasteiger partial charge is 0.354 e. The standard InChI is InChI=1S/C18H24N4OS/c1-21(2)18-20-16(13-24-18)10-19-17(23)12-22-9-8-15(11-22)14-6-4-3-5-7-14/h3-7,13,15H,8-12H2,1-2H3,(H,19,23). The van der Waals surface area contributed by atoms with Gasteiger partial charge in [-0.1, -0.05) is 30.3 Å². The highest BCUT2D eigenvalue weighted by Gasteiger charge is 2.24. The van der Waals surface area contributed by atoms with E-state index in [1.54, 1.807) is 11.3 Å². The van der Waals surface area contributed by atoms with Crippen molar-refractivity contribution in [3.63, 3.8) is 0 Å². The third-order valence-corrected chi connectivity index (χ3v) is 5.36. The molecule has 24 heavy (non-hydrogen) atoms. The quantitative estimate of drug-likeness (QED) is 0.874. The van der Waals surface area contributed by atoms with Crippen LogP contribution in [0.4, 0.5) is 5.13 Å². The van der Waals surface area contributed by atoms with Crippen molar-refractivity contribution in [1.29, 1.82) is 0 Å². The maximum Gasteiger partial charge on any atom is 0.234 e. The summed E-state index contributed by atoms with van der Waals surface area (Å²) < 4.78 is 0. The second kappa shape index (κ2) is 7.77. The smallest absolute Gasteiger partial charge is 0.234 e. The van der Waals surface area contributed by atoms with Gasteiger partial charge in [0.1, 0.15) is 0 Å². The SMILES string of the molecule is CN(C)c1nc(CNC(=O)CN2CCC(c3ccccc3)C2)cs1. The number of benzene rings is 1. The van der Waals surface area contributed by atoms with E-state index in [0.29, 0.717) is 19.0 Å². The number of rotatable bonds is 6. The predicted molar refractivity (Wildman–Crippen MR) is 98.5 cm³/mol. The predicted octanol–water partition coefficient (Wildman–Crippen LogP) is 2.31. The number of carbonyl (C=O) groups excluding carboxylic acids is 1. The number of hydrogen-bond donors (Lipinski definition) is 1. The molecule has 128 valence electrons. The van der Waals surface area contributed by atoms with Crippen molar-refractivity contribution in [2.45, 2.75) is 18.9 Å². The minimum Gasteiger partial charge on any atom is -0.354 e. The summed E-state index contributed by atoms with van der Waals surface area (Å²) in [5.74, 6) is 0.614. The number of thiazole rings is 1. The molecule has 1 aliphatic rings. The van der Waals surface area contributed by atoms with E-state index >= 15 is 0 Å². The maximum absolute atomic E-state index is 12.2. The second-order valence-electron chi connectivity index (χ2n) is 6.42. The first-order valence-electron chi connectivity index (χ1n) is 8.27. The first-order valence-corrected chi connectivity index (χ1v) is 9.15. The van der Waals surface area contributed by atoms with Gasteiger partial charge >= 0.3 is 0 Å². The van der Waals surface area contributed by atoms with Gasteiger partial charge in [-0.15, -0.1) is 11.3 Å². The van der Waals surface area contributed by atoms with Crippen molar-refractivity contribution in [1.82, 2.24) is 15.2 Å². The number of aromatic nitrogens is 1. The molecule has 1 N–H and O–H groups in total. The third kappa shape index (κ3) is 4.33. The van der Waals surface area contributed by atoms with Crippen molar-refractivity contribution in [3.8, 4) is 0 Å². The van der Waals surface area contributed by atoms with Crippen LogP contribution in [0.2, 0.25) is 0 Å². The molecule has 5 nitrogen and oxygen atoms in total. The van der Waals surface area contributed by atoms with Gasteiger partial charge in [0, 0.05) is 26.0 Å². The lowest BCUT2D eigenvalue weighted by Crippen LogP contribution is -2.35. The average Bonchev–Trinajstić information content (AvgIpc) is 3.23. The van der Waals surface area contributed by atoms with Gasteiger partial charge < -0.3 is 10.2 Å². The molecule has 0 aliphatic carbocycles. The van der Waals surface area contributed by atoms with Crippen molar-refractivity contribution < 1.29 is 4.79 Å². The molecule has 0 saturated carbocycles. The molecule has 1 amide bonds. The monoisotopic (exact) mass is 344 g/mol. The molecular weight excluding hydrogens is 320 g/mol. The summed E-state index contributed by atoms with van der Waals surface area (Å²) in [5.41, 5.74) is 2.29. The number of nitrogens with zero attached hydrogens (tertiary/aromatic N) is 3. The van der Waals surface area contributed by atoms with Crippen LogP contribution in [0.5, 0.6) is 0 Å². The van der Waals surface area contributed by atoms with E-state index in [4.69, 9.17) is 0 Å². The molecule has 1 aromatic carbocycles. The Bertz CT molecular complexity index is 671. The van der Waals surface area contributed by atoms with Crippen LogP contribution in [0.25, 0.3) is 0 Å². The Balaban J connectivity index is 1.44. The molecule has 6 heteroatoms. The Kier molecular flexibility index (Phi) is 5.48. The Morgan fingerprint density at radius 2 is 2.17 bits per heavy atom. The van der Waals surface area contributed by atoms with Gasteiger partial charge in [0.15, 0.2) is 5.13 Å². The summed E-state index contributed by atoms with van der Waals surface area (Å²) in [6, 6.07) is 10.6. The molecule has 2 heterocycles. The lowest BCUT2D eigenvalue weighted by Gasteiger charge is -2.15. The Morgan fingerprint density at radius 1 is 1.38 bits per heavy atom. The Labute approximate surface area is 147 Å². The van der Waals surface area contributed by atoms with E-state index in [9.17, 15) is 4.79 Å². The number of hydrogen-bond acceptors (Lipinski definition) is 5. The first-order chi connectivity index (χ1) is 11.6. The van der Waals surface area contributed by atoms with Crippen molar-refractivity contribution in [2.24, 2.45) is 0 Å². The molecule has 1 aliphatic heterocycles. The topological polar surface area (TPSA) is 48.5 Å². The summed E-state index contributed by atoms with van der Waals surface area (Å²) in [6.45, 7) is 2.90. The number of amides is 1. The fourth-order valence-electron chi connectivity index (χ4n) is 3.00. The number of likely N-dealkylation sites (tertiary alicyclic amines) is 1. The highest BCUT2D eigenvalue weighted by atomic mass is 32.1. The first kappa shape index (κ1) is 16.9. The van der Waals surface area contributed by atoms with E-state index in [1.807, 2.05) is 30.4 Å². The van der Waals surface area contributed by atoms with Gasteiger partial charge in [0.2, 0.25) is 5.91 Å². The lowest BCUT2D eigenvalue weighted by atomic mass is 9.99. The number of nitrogens with one attached hydrogen (secondary N) is 1. The molecule has 1 aromatic heterocycles. The van der Waals surface area contributed by atoms with Gasteiger partial charge in [-0.2, -0.15) is 0 Å². The molecule has 1 fully saturated rings. The molecule has 1 atom stereocenters. The molecule has 1 saturated heterocycles. The second-order valence-corrected chi connectivity index (χ2v) is 7.26. The highest BCUT2D eigenvalue weighted by molar-refractivity contribution is 7.13. The van der Waals surface area contributed by atoms with Crippen LogP contribution in [0.15, 0.2) is 35.7 Å². The molecule has 0 bridgehead atoms. The molecule has 1 unspecified atom stereocenters. The van der Waals surface area contributed by atoms with Gasteiger partial charge in [0.05, 0.1) is 18.8 Å². The van der Waals surface area contributed by atoms with Gasteiger partial charge in [-0.25, -0.2) is 4.98 Å². The van der Waals surface area contributed by atoms with E-state index in [1.165, 1.54) is 5.56 Å². The van der Waals surface area contributed by atoms with Crippen LogP contribution >= 0.6 is 11.3 Å². The zero-order valence-corrected chi connectivity index (χ0v) is 15.1. The number of anilines is 1. The minimum atomic E-state index is 0.0723. The number of carbonyl (C=O) groups is 1. The fraction of sp³-hybridized carbons (Fsp3) is 0.444. The van der Waals surface area contributed by atoms with Crippen LogP contribution in [-0.2, 0) is 11.3 Å². The van der Waals surface area contributed by atoms with Crippen LogP contribution in [-0.4, -0.2) is 49.5 Å². The Hall–Kier alpha value is -1.92. The summed E-state index contributed by atoms with van der Waals surface area (Å²) in [5, 5.41) is 5.94. The van der Waals surface area contributed by atoms with Gasteiger partial charge in [-0.3, -0.25) is 9.69 Å². The average molecular weight is 344 g/mol. The van der Waals surface area contributed by atoms with Crippen LogP contribution in [0.3, 0.4) is 0 Å². The van der Waals surface area contributed by atoms with Gasteiger partial charge in [-0.05, 0) is 24.4 Å². The summed E-state index contributed by atoms with van der Waals surface area (Å²) in [6.07, 6.45) is 1.12. The molecule has 0 radical (unpaired) electrons.